The van der Waals surface area contributed by atoms with Gasteiger partial charge in [-0.2, -0.15) is 0 Å². The number of carbonyl (C=O) groups is 2. The third-order valence-electron chi connectivity index (χ3n) is 4.41. The third kappa shape index (κ3) is 6.05. The second kappa shape index (κ2) is 10.6. The molecule has 1 aromatic heterocycles. The third-order valence-corrected chi connectivity index (χ3v) is 4.41. The minimum Gasteiger partial charge on any atom is -0.484 e. The van der Waals surface area contributed by atoms with Gasteiger partial charge in [-0.15, -0.1) is 0 Å². The minimum absolute atomic E-state index is 0.312. The summed E-state index contributed by atoms with van der Waals surface area (Å²) in [4.78, 5) is 37.9. The molecule has 2 aromatic rings. The standard InChI is InChI=1S/C21H28N2O6/c1-4-8-23(9-5-2)21(27)17(12-24)22-19(25)13-28-15-6-7-16-14(3)10-20(26)29-18(16)11-15/h6-7,10-11,17,24H,4-5,8-9,12-13H2,1-3H3,(H,22,25)/t17-/m0/s1. The van der Waals surface area contributed by atoms with Gasteiger partial charge in [0, 0.05) is 30.6 Å². The van der Waals surface area contributed by atoms with E-state index in [1.54, 1.807) is 24.0 Å². The fraction of sp³-hybridized carbons (Fsp3) is 0.476. The van der Waals surface area contributed by atoms with E-state index < -0.39 is 24.2 Å². The molecule has 158 valence electrons. The molecular weight excluding hydrogens is 376 g/mol. The maximum Gasteiger partial charge on any atom is 0.336 e. The molecule has 1 atom stereocenters. The van der Waals surface area contributed by atoms with Crippen LogP contribution in [0.1, 0.15) is 32.3 Å². The molecular formula is C21H28N2O6. The predicted molar refractivity (Wildman–Crippen MR) is 109 cm³/mol. The van der Waals surface area contributed by atoms with Crippen LogP contribution in [0.4, 0.5) is 0 Å². The molecule has 8 heteroatoms. The van der Waals surface area contributed by atoms with Crippen LogP contribution in [0.25, 0.3) is 11.0 Å². The molecule has 0 unspecified atom stereocenters. The molecule has 0 aliphatic carbocycles. The van der Waals surface area contributed by atoms with Gasteiger partial charge in [-0.05, 0) is 37.5 Å². The van der Waals surface area contributed by atoms with Gasteiger partial charge in [0.25, 0.3) is 5.91 Å². The molecule has 0 saturated heterocycles. The van der Waals surface area contributed by atoms with Crippen LogP contribution < -0.4 is 15.7 Å². The van der Waals surface area contributed by atoms with Gasteiger partial charge in [-0.25, -0.2) is 4.79 Å². The zero-order valence-electron chi connectivity index (χ0n) is 17.1. The van der Waals surface area contributed by atoms with Gasteiger partial charge in [0.1, 0.15) is 17.4 Å². The summed E-state index contributed by atoms with van der Waals surface area (Å²) in [6.07, 6.45) is 1.58. The molecule has 2 amide bonds. The van der Waals surface area contributed by atoms with Crippen LogP contribution in [0.3, 0.4) is 0 Å². The Kier molecular flexibility index (Phi) is 8.21. The van der Waals surface area contributed by atoms with E-state index in [0.29, 0.717) is 24.4 Å². The maximum absolute atomic E-state index is 12.5. The molecule has 8 nitrogen and oxygen atoms in total. The monoisotopic (exact) mass is 404 g/mol. The summed E-state index contributed by atoms with van der Waals surface area (Å²) < 4.78 is 10.6. The van der Waals surface area contributed by atoms with Crippen molar-refractivity contribution in [3.05, 3.63) is 40.2 Å². The second-order valence-corrected chi connectivity index (χ2v) is 6.82. The smallest absolute Gasteiger partial charge is 0.336 e. The first-order valence-corrected chi connectivity index (χ1v) is 9.75. The van der Waals surface area contributed by atoms with Crippen LogP contribution >= 0.6 is 0 Å². The van der Waals surface area contributed by atoms with Gasteiger partial charge in [0.2, 0.25) is 5.91 Å². The average molecular weight is 404 g/mol. The lowest BCUT2D eigenvalue weighted by molar-refractivity contribution is -0.138. The molecule has 0 radical (unpaired) electrons. The van der Waals surface area contributed by atoms with Crippen molar-refractivity contribution in [3.63, 3.8) is 0 Å². The van der Waals surface area contributed by atoms with Gasteiger partial charge in [0.15, 0.2) is 6.61 Å². The number of amides is 2. The zero-order valence-corrected chi connectivity index (χ0v) is 17.1. The summed E-state index contributed by atoms with van der Waals surface area (Å²) in [5.41, 5.74) is 0.692. The van der Waals surface area contributed by atoms with Crippen LogP contribution in [0, 0.1) is 6.92 Å². The van der Waals surface area contributed by atoms with Crippen LogP contribution in [0.5, 0.6) is 5.75 Å². The number of carbonyl (C=O) groups excluding carboxylic acids is 2. The maximum atomic E-state index is 12.5. The van der Waals surface area contributed by atoms with Crippen LogP contribution in [-0.2, 0) is 9.59 Å². The molecule has 0 aliphatic heterocycles. The quantitative estimate of drug-likeness (QED) is 0.582. The highest BCUT2D eigenvalue weighted by molar-refractivity contribution is 5.88. The summed E-state index contributed by atoms with van der Waals surface area (Å²) in [5.74, 6) is -0.490. The van der Waals surface area contributed by atoms with E-state index in [2.05, 4.69) is 5.32 Å². The number of benzene rings is 1. The van der Waals surface area contributed by atoms with E-state index in [1.165, 1.54) is 12.1 Å². The van der Waals surface area contributed by atoms with Crippen molar-refractivity contribution in [2.45, 2.75) is 39.7 Å². The molecule has 1 heterocycles. The van der Waals surface area contributed by atoms with Gasteiger partial charge in [-0.3, -0.25) is 9.59 Å². The lowest BCUT2D eigenvalue weighted by atomic mass is 10.1. The fourth-order valence-corrected chi connectivity index (χ4v) is 3.06. The molecule has 0 aliphatic rings. The molecule has 1 aromatic carbocycles. The van der Waals surface area contributed by atoms with Crippen molar-refractivity contribution < 1.29 is 23.8 Å². The Labute approximate surface area is 169 Å². The summed E-state index contributed by atoms with van der Waals surface area (Å²) in [6, 6.07) is 5.34. The highest BCUT2D eigenvalue weighted by atomic mass is 16.5. The Morgan fingerprint density at radius 2 is 1.90 bits per heavy atom. The second-order valence-electron chi connectivity index (χ2n) is 6.82. The molecule has 0 bridgehead atoms. The molecule has 2 N–H and O–H groups in total. The van der Waals surface area contributed by atoms with Crippen molar-refractivity contribution in [3.8, 4) is 5.75 Å². The highest BCUT2D eigenvalue weighted by Gasteiger charge is 2.24. The topological polar surface area (TPSA) is 109 Å². The van der Waals surface area contributed by atoms with Crippen LogP contribution in [-0.4, -0.2) is 54.2 Å². The fourth-order valence-electron chi connectivity index (χ4n) is 3.06. The number of nitrogens with zero attached hydrogens (tertiary/aromatic N) is 1. The Morgan fingerprint density at radius 3 is 2.52 bits per heavy atom. The number of ether oxygens (including phenoxy) is 1. The summed E-state index contributed by atoms with van der Waals surface area (Å²) >= 11 is 0. The molecule has 0 spiro atoms. The van der Waals surface area contributed by atoms with Crippen molar-refractivity contribution in [1.29, 1.82) is 0 Å². The minimum atomic E-state index is -1.01. The summed E-state index contributed by atoms with van der Waals surface area (Å²) in [5, 5.41) is 12.8. The van der Waals surface area contributed by atoms with Gasteiger partial charge < -0.3 is 24.5 Å². The normalized spacial score (nSPS) is 11.9. The first-order chi connectivity index (χ1) is 13.9. The average Bonchev–Trinajstić information content (AvgIpc) is 2.69. The van der Waals surface area contributed by atoms with Crippen LogP contribution in [0.15, 0.2) is 33.5 Å². The van der Waals surface area contributed by atoms with Gasteiger partial charge in [0.05, 0.1) is 6.61 Å². The largest absolute Gasteiger partial charge is 0.484 e. The lowest BCUT2D eigenvalue weighted by Gasteiger charge is -2.26. The van der Waals surface area contributed by atoms with Gasteiger partial charge >= 0.3 is 5.63 Å². The van der Waals surface area contributed by atoms with Crippen molar-refractivity contribution in [1.82, 2.24) is 10.2 Å². The van der Waals surface area contributed by atoms with E-state index >= 15 is 0 Å². The Balaban J connectivity index is 1.99. The highest BCUT2D eigenvalue weighted by Crippen LogP contribution is 2.22. The molecule has 29 heavy (non-hydrogen) atoms. The van der Waals surface area contributed by atoms with Crippen LogP contribution in [0.2, 0.25) is 0 Å². The Morgan fingerprint density at radius 1 is 1.21 bits per heavy atom. The molecule has 0 fully saturated rings. The number of fused-ring (bicyclic) bond motifs is 1. The van der Waals surface area contributed by atoms with E-state index in [-0.39, 0.29) is 12.5 Å². The van der Waals surface area contributed by atoms with E-state index in [9.17, 15) is 19.5 Å². The number of hydrogen-bond donors (Lipinski definition) is 2. The molecule has 2 rings (SSSR count). The number of aliphatic hydroxyl groups is 1. The first kappa shape index (κ1) is 22.4. The lowest BCUT2D eigenvalue weighted by Crippen LogP contribution is -2.51. The summed E-state index contributed by atoms with van der Waals surface area (Å²) in [6.45, 7) is 6.03. The number of nitrogens with one attached hydrogen (secondary N) is 1. The van der Waals surface area contributed by atoms with Crippen molar-refractivity contribution >= 4 is 22.8 Å². The van der Waals surface area contributed by atoms with Gasteiger partial charge in [-0.1, -0.05) is 13.8 Å². The van der Waals surface area contributed by atoms with E-state index in [0.717, 1.165) is 23.8 Å². The first-order valence-electron chi connectivity index (χ1n) is 9.75. The summed E-state index contributed by atoms with van der Waals surface area (Å²) in [7, 11) is 0. The van der Waals surface area contributed by atoms with E-state index in [4.69, 9.17) is 9.15 Å². The number of aryl methyl sites for hydroxylation is 1. The number of rotatable bonds is 10. The molecule has 0 saturated carbocycles. The van der Waals surface area contributed by atoms with Crippen molar-refractivity contribution in [2.75, 3.05) is 26.3 Å². The Bertz CT molecular complexity index is 902. The van der Waals surface area contributed by atoms with E-state index in [1.807, 2.05) is 13.8 Å². The zero-order chi connectivity index (χ0) is 21.4. The Hall–Kier alpha value is -2.87. The number of aliphatic hydroxyl groups excluding tert-OH is 1. The van der Waals surface area contributed by atoms with Crippen molar-refractivity contribution in [2.24, 2.45) is 0 Å². The predicted octanol–water partition coefficient (Wildman–Crippen LogP) is 1.61. The SMILES string of the molecule is CCCN(CCC)C(=O)[C@H](CO)NC(=O)COc1ccc2c(C)cc(=O)oc2c1. The number of hydrogen-bond acceptors (Lipinski definition) is 6.